The molecule has 1 saturated heterocycles. The van der Waals surface area contributed by atoms with Gasteiger partial charge in [-0.15, -0.1) is 11.8 Å². The van der Waals surface area contributed by atoms with Crippen molar-refractivity contribution >= 4 is 34.4 Å². The third-order valence-electron chi connectivity index (χ3n) is 10.6. The number of para-hydroxylation sites is 1. The van der Waals surface area contributed by atoms with Crippen molar-refractivity contribution in [2.24, 2.45) is 0 Å². The van der Waals surface area contributed by atoms with E-state index in [0.717, 1.165) is 35.5 Å². The van der Waals surface area contributed by atoms with Gasteiger partial charge in [0.15, 0.2) is 22.8 Å². The van der Waals surface area contributed by atoms with E-state index in [1.165, 1.54) is 30.3 Å². The van der Waals surface area contributed by atoms with Gasteiger partial charge in [0.05, 0.1) is 29.8 Å². The topological polar surface area (TPSA) is 71.8 Å². The molecule has 1 aliphatic heterocycles. The van der Waals surface area contributed by atoms with E-state index in [9.17, 15) is 36.3 Å². The third kappa shape index (κ3) is 9.75. The number of pyridine rings is 1. The maximum absolute atomic E-state index is 14.7. The van der Waals surface area contributed by atoms with Crippen LogP contribution in [-0.4, -0.2) is 58.8 Å². The molecule has 1 amide bonds. The smallest absolute Gasteiger partial charge is 0.416 e. The molecular weight excluding hydrogens is 786 g/mol. The predicted octanol–water partition coefficient (Wildman–Crippen LogP) is 9.64. The molecule has 1 fully saturated rings. The van der Waals surface area contributed by atoms with Crippen molar-refractivity contribution in [3.8, 4) is 16.9 Å². The Morgan fingerprint density at radius 2 is 1.47 bits per heavy atom. The summed E-state index contributed by atoms with van der Waals surface area (Å²) in [5.74, 6) is -1.55. The van der Waals surface area contributed by atoms with E-state index < -0.39 is 23.4 Å². The van der Waals surface area contributed by atoms with Gasteiger partial charge < -0.3 is 14.2 Å². The van der Waals surface area contributed by atoms with Crippen molar-refractivity contribution in [2.45, 2.75) is 48.9 Å². The van der Waals surface area contributed by atoms with Crippen molar-refractivity contribution in [3.63, 3.8) is 0 Å². The highest BCUT2D eigenvalue weighted by Crippen LogP contribution is 2.32. The number of fused-ring (bicyclic) bond motifs is 1. The number of methoxy groups -OCH3 is 1. The van der Waals surface area contributed by atoms with Gasteiger partial charge in [-0.2, -0.15) is 13.2 Å². The van der Waals surface area contributed by atoms with Gasteiger partial charge in [0.2, 0.25) is 5.91 Å². The Morgan fingerprint density at radius 3 is 2.14 bits per heavy atom. The minimum atomic E-state index is -4.44. The second-order valence-corrected chi connectivity index (χ2v) is 15.4. The number of rotatable bonds is 13. The number of carbonyl (C=O) groups is 2. The van der Waals surface area contributed by atoms with Crippen molar-refractivity contribution in [3.05, 3.63) is 165 Å². The number of amides is 1. The first-order valence-corrected chi connectivity index (χ1v) is 20.0. The lowest BCUT2D eigenvalue weighted by molar-refractivity contribution is -0.137. The van der Waals surface area contributed by atoms with E-state index in [2.05, 4.69) is 4.90 Å². The number of hydrogen-bond acceptors (Lipinski definition) is 6. The number of thioether (sulfide) groups is 1. The molecule has 2 heterocycles. The van der Waals surface area contributed by atoms with E-state index >= 15 is 0 Å². The molecule has 5 aromatic carbocycles. The lowest BCUT2D eigenvalue weighted by Gasteiger charge is -2.39. The van der Waals surface area contributed by atoms with E-state index in [-0.39, 0.29) is 54.1 Å². The van der Waals surface area contributed by atoms with Crippen molar-refractivity contribution < 1.29 is 36.3 Å². The largest absolute Gasteiger partial charge is 0.497 e. The molecule has 0 spiro atoms. The van der Waals surface area contributed by atoms with Gasteiger partial charge in [-0.3, -0.25) is 19.3 Å². The molecule has 7 nitrogen and oxygen atoms in total. The lowest BCUT2D eigenvalue weighted by atomic mass is 9.99. The van der Waals surface area contributed by atoms with Gasteiger partial charge in [0.25, 0.3) is 0 Å². The molecule has 7 rings (SSSR count). The summed E-state index contributed by atoms with van der Waals surface area (Å²) in [6, 6.07) is 31.3. The molecule has 1 aromatic heterocycles. The van der Waals surface area contributed by atoms with Crippen molar-refractivity contribution in [1.29, 1.82) is 0 Å². The minimum absolute atomic E-state index is 0.0122. The van der Waals surface area contributed by atoms with Crippen molar-refractivity contribution in [2.75, 3.05) is 26.7 Å². The maximum atomic E-state index is 14.7. The fourth-order valence-corrected chi connectivity index (χ4v) is 8.39. The number of hydrogen-bond donors (Lipinski definition) is 0. The van der Waals surface area contributed by atoms with E-state index in [4.69, 9.17) is 4.74 Å². The Morgan fingerprint density at radius 1 is 0.814 bits per heavy atom. The molecule has 0 saturated carbocycles. The SMILES string of the molecule is COc1ccc(C(=O)CN2CCC(N(Cc3ccc(-c4ccc(C(F)(F)F)cc4)cc3)C(=O)Cn3c(SCc4cccc(F)c4F)cc(=O)c4ccccc43)CC2)cc1. The molecule has 59 heavy (non-hydrogen) atoms. The fourth-order valence-electron chi connectivity index (χ4n) is 7.36. The zero-order chi connectivity index (χ0) is 41.7. The highest BCUT2D eigenvalue weighted by Gasteiger charge is 2.31. The number of ketones is 1. The molecule has 0 N–H and O–H groups in total. The minimum Gasteiger partial charge on any atom is -0.497 e. The first kappa shape index (κ1) is 41.4. The molecular formula is C46H40F5N3O4S. The van der Waals surface area contributed by atoms with Gasteiger partial charge in [-0.05, 0) is 84.1 Å². The summed E-state index contributed by atoms with van der Waals surface area (Å²) in [4.78, 5) is 45.0. The number of piperidine rings is 1. The van der Waals surface area contributed by atoms with Crippen LogP contribution in [0.4, 0.5) is 22.0 Å². The first-order chi connectivity index (χ1) is 28.4. The summed E-state index contributed by atoms with van der Waals surface area (Å²) in [5.41, 5.74) is 2.33. The number of carbonyl (C=O) groups excluding carboxylic acids is 2. The Balaban J connectivity index is 1.15. The molecule has 0 radical (unpaired) electrons. The number of alkyl halides is 3. The van der Waals surface area contributed by atoms with Crippen LogP contribution < -0.4 is 10.2 Å². The van der Waals surface area contributed by atoms with Crippen LogP contribution >= 0.6 is 11.8 Å². The number of aromatic nitrogens is 1. The number of halogens is 5. The lowest BCUT2D eigenvalue weighted by Crippen LogP contribution is -2.48. The van der Waals surface area contributed by atoms with Crippen LogP contribution in [0.5, 0.6) is 5.75 Å². The zero-order valence-electron chi connectivity index (χ0n) is 32.1. The predicted molar refractivity (Wildman–Crippen MR) is 218 cm³/mol. The second kappa shape index (κ2) is 18.0. The van der Waals surface area contributed by atoms with Crippen LogP contribution in [0, 0.1) is 11.6 Å². The second-order valence-electron chi connectivity index (χ2n) is 14.4. The summed E-state index contributed by atoms with van der Waals surface area (Å²) in [6.07, 6.45) is -3.28. The molecule has 0 unspecified atom stereocenters. The van der Waals surface area contributed by atoms with E-state index in [0.29, 0.717) is 64.3 Å². The van der Waals surface area contributed by atoms with Crippen LogP contribution in [0.25, 0.3) is 22.0 Å². The number of likely N-dealkylation sites (tertiary alicyclic amines) is 1. The molecule has 0 aliphatic carbocycles. The first-order valence-electron chi connectivity index (χ1n) is 19.0. The summed E-state index contributed by atoms with van der Waals surface area (Å²) >= 11 is 1.13. The molecule has 6 aromatic rings. The highest BCUT2D eigenvalue weighted by molar-refractivity contribution is 7.98. The summed E-state index contributed by atoms with van der Waals surface area (Å²) in [5, 5.41) is 0.820. The Kier molecular flexibility index (Phi) is 12.6. The van der Waals surface area contributed by atoms with Gasteiger partial charge >= 0.3 is 6.18 Å². The Hall–Kier alpha value is -5.79. The molecule has 304 valence electrons. The normalized spacial score (nSPS) is 13.7. The quantitative estimate of drug-likeness (QED) is 0.0657. The maximum Gasteiger partial charge on any atom is 0.416 e. The summed E-state index contributed by atoms with van der Waals surface area (Å²) < 4.78 is 75.2. The number of ether oxygens (including phenoxy) is 1. The van der Waals surface area contributed by atoms with Crippen LogP contribution in [0.2, 0.25) is 0 Å². The monoisotopic (exact) mass is 825 g/mol. The fraction of sp³-hybridized carbons (Fsp3) is 0.239. The third-order valence-corrected chi connectivity index (χ3v) is 11.7. The van der Waals surface area contributed by atoms with Crippen LogP contribution in [0.15, 0.2) is 131 Å². The van der Waals surface area contributed by atoms with Crippen LogP contribution in [0.3, 0.4) is 0 Å². The van der Waals surface area contributed by atoms with Crippen LogP contribution in [-0.2, 0) is 29.8 Å². The van der Waals surface area contributed by atoms with Crippen molar-refractivity contribution in [1.82, 2.24) is 14.4 Å². The molecule has 1 aliphatic rings. The highest BCUT2D eigenvalue weighted by atomic mass is 32.2. The number of Topliss-reactive ketones (excluding diaryl/α,β-unsaturated/α-hetero) is 1. The zero-order valence-corrected chi connectivity index (χ0v) is 32.9. The molecule has 0 atom stereocenters. The van der Waals surface area contributed by atoms with Gasteiger partial charge in [0.1, 0.15) is 12.3 Å². The van der Waals surface area contributed by atoms with Gasteiger partial charge in [-0.1, -0.05) is 60.7 Å². The Labute approximate surface area is 342 Å². The van der Waals surface area contributed by atoms with Gasteiger partial charge in [-0.25, -0.2) is 8.78 Å². The number of nitrogens with zero attached hydrogens (tertiary/aromatic N) is 3. The molecule has 0 bridgehead atoms. The average molecular weight is 826 g/mol. The summed E-state index contributed by atoms with van der Waals surface area (Å²) in [6.45, 7) is 1.40. The van der Waals surface area contributed by atoms with E-state index in [1.807, 2.05) is 29.2 Å². The van der Waals surface area contributed by atoms with Gasteiger partial charge in [0, 0.05) is 54.0 Å². The average Bonchev–Trinajstić information content (AvgIpc) is 3.24. The Bertz CT molecular complexity index is 2500. The van der Waals surface area contributed by atoms with E-state index in [1.54, 1.807) is 60.2 Å². The standard InChI is InChI=1S/C46H40F5N3O4S/c1-58-37-19-15-33(16-20-37)42(56)27-52-23-21-36(22-24-52)53(26-30-9-11-31(12-10-30)32-13-17-35(18-14-32)46(49,50)51)43(57)28-54-40-8-3-2-6-38(40)41(55)25-44(54)59-29-34-5-4-7-39(47)45(34)48/h2-20,25,36H,21-24,26-29H2,1H3. The molecule has 13 heteroatoms. The summed E-state index contributed by atoms with van der Waals surface area (Å²) in [7, 11) is 1.56. The number of benzene rings is 5. The van der Waals surface area contributed by atoms with Crippen LogP contribution in [0.1, 0.15) is 39.9 Å².